The number of nitriles is 2. The summed E-state index contributed by atoms with van der Waals surface area (Å²) >= 11 is 0. The van der Waals surface area contributed by atoms with Crippen LogP contribution in [-0.4, -0.2) is 14.5 Å². The molecule has 0 bridgehead atoms. The van der Waals surface area contributed by atoms with E-state index >= 15 is 0 Å². The predicted molar refractivity (Wildman–Crippen MR) is 152 cm³/mol. The molecule has 0 saturated carbocycles. The maximum absolute atomic E-state index is 11.1. The smallest absolute Gasteiger partial charge is 0.294 e. The third-order valence-electron chi connectivity index (χ3n) is 6.02. The van der Waals surface area contributed by atoms with Crippen LogP contribution in [0.3, 0.4) is 0 Å². The zero-order chi connectivity index (χ0) is 28.1. The number of hydrogen-bond acceptors (Lipinski definition) is 6. The molecule has 0 spiro atoms. The molecule has 0 atom stereocenters. The molecule has 0 saturated heterocycles. The number of para-hydroxylation sites is 2. The van der Waals surface area contributed by atoms with Crippen molar-refractivity contribution in [3.63, 3.8) is 0 Å². The van der Waals surface area contributed by atoms with Crippen molar-refractivity contribution >= 4 is 28.1 Å². The minimum absolute atomic E-state index is 0.108. The van der Waals surface area contributed by atoms with Gasteiger partial charge >= 0.3 is 0 Å². The van der Waals surface area contributed by atoms with Gasteiger partial charge in [-0.05, 0) is 92.4 Å². The van der Waals surface area contributed by atoms with Gasteiger partial charge in [0.1, 0.15) is 24.2 Å². The molecule has 1 aromatic heterocycles. The first-order valence-corrected chi connectivity index (χ1v) is 12.2. The fraction of sp³-hybridized carbons (Fsp3) is 0.129. The van der Waals surface area contributed by atoms with E-state index in [0.717, 1.165) is 33.5 Å². The second-order valence-corrected chi connectivity index (χ2v) is 9.32. The van der Waals surface area contributed by atoms with Crippen molar-refractivity contribution < 1.29 is 4.92 Å². The molecule has 1 N–H and O–H groups in total. The number of benzene rings is 4. The summed E-state index contributed by atoms with van der Waals surface area (Å²) in [5, 5.41) is 32.4. The Balaban J connectivity index is 0.000000181. The van der Waals surface area contributed by atoms with E-state index < -0.39 is 4.92 Å². The third kappa shape index (κ3) is 5.93. The SMILES string of the molecule is Cc1cc(C)cc(-n2cnc3cccc(C#N)c32)c1.Cc1cc(C)cc(Nc2c(C#N)cccc2[N+](=O)[O-])c1. The van der Waals surface area contributed by atoms with Crippen molar-refractivity contribution in [2.24, 2.45) is 0 Å². The molecular weight excluding hydrogens is 488 g/mol. The highest BCUT2D eigenvalue weighted by Crippen LogP contribution is 2.31. The van der Waals surface area contributed by atoms with Crippen LogP contribution in [0.4, 0.5) is 17.1 Å². The summed E-state index contributed by atoms with van der Waals surface area (Å²) < 4.78 is 1.98. The van der Waals surface area contributed by atoms with Gasteiger partial charge in [-0.1, -0.05) is 24.3 Å². The Hall–Kier alpha value is -5.47. The monoisotopic (exact) mass is 514 g/mol. The van der Waals surface area contributed by atoms with E-state index in [1.54, 1.807) is 12.4 Å². The Kier molecular flexibility index (Phi) is 7.69. The second-order valence-electron chi connectivity index (χ2n) is 9.32. The molecule has 8 nitrogen and oxygen atoms in total. The van der Waals surface area contributed by atoms with Crippen LogP contribution in [0.1, 0.15) is 33.4 Å². The summed E-state index contributed by atoms with van der Waals surface area (Å²) in [7, 11) is 0. The number of rotatable bonds is 4. The first-order valence-electron chi connectivity index (χ1n) is 12.2. The zero-order valence-corrected chi connectivity index (χ0v) is 22.1. The number of anilines is 2. The van der Waals surface area contributed by atoms with Crippen LogP contribution in [0.25, 0.3) is 16.7 Å². The fourth-order valence-corrected chi connectivity index (χ4v) is 4.55. The van der Waals surface area contributed by atoms with E-state index in [4.69, 9.17) is 5.26 Å². The summed E-state index contributed by atoms with van der Waals surface area (Å²) in [5.41, 5.74) is 9.00. The standard InChI is InChI=1S/C16H13N3.C15H13N3O2/c1-11-6-12(2)8-14(7-11)19-10-18-15-5-3-4-13(9-17)16(15)19;1-10-6-11(2)8-13(7-10)17-15-12(9-16)4-3-5-14(15)18(19)20/h3-8,10H,1-2H3;3-8,17H,1-2H3. The second kappa shape index (κ2) is 11.3. The van der Waals surface area contributed by atoms with Gasteiger partial charge in [-0.15, -0.1) is 0 Å². The van der Waals surface area contributed by atoms with Crippen LogP contribution >= 0.6 is 0 Å². The lowest BCUT2D eigenvalue weighted by Crippen LogP contribution is -2.00. The van der Waals surface area contributed by atoms with Crippen LogP contribution in [0.15, 0.2) is 79.1 Å². The van der Waals surface area contributed by atoms with Crippen molar-refractivity contribution in [1.29, 1.82) is 10.5 Å². The Morgan fingerprint density at radius 2 is 1.38 bits per heavy atom. The lowest BCUT2D eigenvalue weighted by Gasteiger charge is -2.10. The number of hydrogen-bond donors (Lipinski definition) is 1. The molecule has 0 aliphatic rings. The molecule has 192 valence electrons. The van der Waals surface area contributed by atoms with Gasteiger partial charge in [0, 0.05) is 17.4 Å². The number of aromatic nitrogens is 2. The van der Waals surface area contributed by atoms with Crippen molar-refractivity contribution in [1.82, 2.24) is 9.55 Å². The van der Waals surface area contributed by atoms with E-state index in [0.29, 0.717) is 5.56 Å². The number of imidazole rings is 1. The molecule has 0 amide bonds. The topological polar surface area (TPSA) is 121 Å². The van der Waals surface area contributed by atoms with Gasteiger partial charge in [0.05, 0.1) is 27.1 Å². The minimum atomic E-state index is -0.494. The summed E-state index contributed by atoms with van der Waals surface area (Å²) in [6, 6.07) is 26.4. The van der Waals surface area contributed by atoms with E-state index in [2.05, 4.69) is 48.4 Å². The lowest BCUT2D eigenvalue weighted by molar-refractivity contribution is -0.383. The van der Waals surface area contributed by atoms with Crippen molar-refractivity contribution in [2.75, 3.05) is 5.32 Å². The van der Waals surface area contributed by atoms with Gasteiger partial charge in [0.2, 0.25) is 0 Å². The van der Waals surface area contributed by atoms with Crippen LogP contribution in [-0.2, 0) is 0 Å². The highest BCUT2D eigenvalue weighted by Gasteiger charge is 2.17. The summed E-state index contributed by atoms with van der Waals surface area (Å²) in [4.78, 5) is 15.0. The average molecular weight is 515 g/mol. The molecule has 5 aromatic rings. The number of nitro benzene ring substituents is 1. The van der Waals surface area contributed by atoms with Crippen molar-refractivity contribution in [3.05, 3.63) is 123 Å². The first kappa shape index (κ1) is 26.6. The quantitative estimate of drug-likeness (QED) is 0.198. The number of nitrogens with one attached hydrogen (secondary N) is 1. The Bertz CT molecular complexity index is 1750. The van der Waals surface area contributed by atoms with E-state index in [1.165, 1.54) is 23.3 Å². The maximum atomic E-state index is 11.1. The molecule has 0 radical (unpaired) electrons. The van der Waals surface area contributed by atoms with Gasteiger partial charge in [0.15, 0.2) is 0 Å². The average Bonchev–Trinajstić information content (AvgIpc) is 3.32. The molecule has 39 heavy (non-hydrogen) atoms. The summed E-state index contributed by atoms with van der Waals surface area (Å²) in [6.45, 7) is 8.03. The van der Waals surface area contributed by atoms with Crippen LogP contribution in [0, 0.1) is 60.5 Å². The van der Waals surface area contributed by atoms with Crippen molar-refractivity contribution in [2.45, 2.75) is 27.7 Å². The maximum Gasteiger partial charge on any atom is 0.294 e. The molecule has 0 aliphatic heterocycles. The number of aryl methyl sites for hydroxylation is 4. The molecule has 0 unspecified atom stereocenters. The number of fused-ring (bicyclic) bond motifs is 1. The van der Waals surface area contributed by atoms with Gasteiger partial charge < -0.3 is 5.32 Å². The highest BCUT2D eigenvalue weighted by molar-refractivity contribution is 5.83. The summed E-state index contributed by atoms with van der Waals surface area (Å²) in [6.07, 6.45) is 1.78. The first-order chi connectivity index (χ1) is 18.7. The summed E-state index contributed by atoms with van der Waals surface area (Å²) in [5.74, 6) is 0. The predicted octanol–water partition coefficient (Wildman–Crippen LogP) is 7.34. The molecular formula is C31H26N6O2. The highest BCUT2D eigenvalue weighted by atomic mass is 16.6. The third-order valence-corrected chi connectivity index (χ3v) is 6.02. The Morgan fingerprint density at radius 1 is 0.821 bits per heavy atom. The largest absolute Gasteiger partial charge is 0.349 e. The van der Waals surface area contributed by atoms with Crippen molar-refractivity contribution in [3.8, 4) is 17.8 Å². The molecule has 1 heterocycles. The Morgan fingerprint density at radius 3 is 1.97 bits per heavy atom. The van der Waals surface area contributed by atoms with Gasteiger partial charge in [-0.2, -0.15) is 10.5 Å². The normalized spacial score (nSPS) is 10.2. The van der Waals surface area contributed by atoms with E-state index in [1.807, 2.05) is 60.9 Å². The van der Waals surface area contributed by atoms with Gasteiger partial charge in [-0.25, -0.2) is 4.98 Å². The zero-order valence-electron chi connectivity index (χ0n) is 22.1. The fourth-order valence-electron chi connectivity index (χ4n) is 4.55. The van der Waals surface area contributed by atoms with Crippen LogP contribution < -0.4 is 5.32 Å². The minimum Gasteiger partial charge on any atom is -0.349 e. The Labute approximate surface area is 226 Å². The molecule has 4 aromatic carbocycles. The molecule has 0 aliphatic carbocycles. The van der Waals surface area contributed by atoms with Crippen LogP contribution in [0.2, 0.25) is 0 Å². The lowest BCUT2D eigenvalue weighted by atomic mass is 10.1. The van der Waals surface area contributed by atoms with Crippen LogP contribution in [0.5, 0.6) is 0 Å². The molecule has 0 fully saturated rings. The molecule has 5 rings (SSSR count). The molecule has 8 heteroatoms. The van der Waals surface area contributed by atoms with Gasteiger partial charge in [0.25, 0.3) is 5.69 Å². The van der Waals surface area contributed by atoms with E-state index in [-0.39, 0.29) is 16.9 Å². The number of nitro groups is 1. The van der Waals surface area contributed by atoms with E-state index in [9.17, 15) is 15.4 Å². The number of nitrogens with zero attached hydrogens (tertiary/aromatic N) is 5. The van der Waals surface area contributed by atoms with Gasteiger partial charge in [-0.3, -0.25) is 14.7 Å².